The lowest BCUT2D eigenvalue weighted by Gasteiger charge is -2.30. The molecule has 0 saturated carbocycles. The molecule has 0 aromatic rings. The maximum atomic E-state index is 8.99. The molecule has 0 amide bonds. The van der Waals surface area contributed by atoms with Crippen LogP contribution in [0.25, 0.3) is 0 Å². The zero-order valence-corrected chi connectivity index (χ0v) is 8.97. The van der Waals surface area contributed by atoms with Crippen LogP contribution in [0, 0.1) is 0 Å². The van der Waals surface area contributed by atoms with Crippen LogP contribution in [-0.4, -0.2) is 54.3 Å². The van der Waals surface area contributed by atoms with Gasteiger partial charge in [-0.3, -0.25) is 4.90 Å². The van der Waals surface area contributed by atoms with E-state index in [1.54, 1.807) is 0 Å². The highest BCUT2D eigenvalue weighted by Crippen LogP contribution is 2.06. The van der Waals surface area contributed by atoms with Gasteiger partial charge in [0.05, 0.1) is 6.61 Å². The first kappa shape index (κ1) is 12.2. The van der Waals surface area contributed by atoms with Crippen LogP contribution in [0.3, 0.4) is 0 Å². The van der Waals surface area contributed by atoms with E-state index in [9.17, 15) is 0 Å². The van der Waals surface area contributed by atoms with Gasteiger partial charge in [-0.2, -0.15) is 11.8 Å². The first-order chi connectivity index (χ1) is 5.67. The number of hydrogen-bond donors (Lipinski definition) is 2. The van der Waals surface area contributed by atoms with Gasteiger partial charge in [-0.05, 0) is 20.2 Å². The summed E-state index contributed by atoms with van der Waals surface area (Å²) in [6.07, 6.45) is 2.08. The fourth-order valence-corrected chi connectivity index (χ4v) is 1.81. The quantitative estimate of drug-likeness (QED) is 0.621. The number of thioether (sulfide) groups is 1. The van der Waals surface area contributed by atoms with Crippen molar-refractivity contribution < 1.29 is 5.11 Å². The largest absolute Gasteiger partial charge is 0.395 e. The smallest absolute Gasteiger partial charge is 0.0599 e. The first-order valence-corrected chi connectivity index (χ1v) is 5.58. The summed E-state index contributed by atoms with van der Waals surface area (Å²) >= 11 is 1.81. The minimum absolute atomic E-state index is 0.104. The topological polar surface area (TPSA) is 49.5 Å². The molecule has 0 rings (SSSR count). The Morgan fingerprint density at radius 1 is 1.58 bits per heavy atom. The second kappa shape index (κ2) is 6.71. The monoisotopic (exact) mass is 192 g/mol. The number of aliphatic hydroxyl groups is 1. The van der Waals surface area contributed by atoms with Crippen molar-refractivity contribution in [1.29, 1.82) is 0 Å². The minimum Gasteiger partial charge on any atom is -0.395 e. The zero-order chi connectivity index (χ0) is 9.56. The second-order valence-corrected chi connectivity index (χ2v) is 3.95. The molecule has 0 bridgehead atoms. The van der Waals surface area contributed by atoms with E-state index in [4.69, 9.17) is 10.8 Å². The van der Waals surface area contributed by atoms with Gasteiger partial charge in [-0.15, -0.1) is 0 Å². The molecule has 2 unspecified atom stereocenters. The van der Waals surface area contributed by atoms with Crippen molar-refractivity contribution in [3.63, 3.8) is 0 Å². The molecule has 0 aliphatic carbocycles. The van der Waals surface area contributed by atoms with Crippen molar-refractivity contribution in [2.75, 3.05) is 32.2 Å². The second-order valence-electron chi connectivity index (χ2n) is 3.04. The van der Waals surface area contributed by atoms with Crippen LogP contribution in [0.1, 0.15) is 6.92 Å². The van der Waals surface area contributed by atoms with Crippen molar-refractivity contribution in [2.45, 2.75) is 19.0 Å². The van der Waals surface area contributed by atoms with E-state index < -0.39 is 0 Å². The molecule has 3 nitrogen and oxygen atoms in total. The van der Waals surface area contributed by atoms with E-state index in [0.29, 0.717) is 12.6 Å². The molecule has 0 aromatic heterocycles. The normalized spacial score (nSPS) is 16.5. The van der Waals surface area contributed by atoms with Crippen LogP contribution in [0.2, 0.25) is 0 Å². The molecule has 0 aliphatic heterocycles. The van der Waals surface area contributed by atoms with Gasteiger partial charge in [0.2, 0.25) is 0 Å². The number of nitrogens with two attached hydrogens (primary N) is 1. The third-order valence-corrected chi connectivity index (χ3v) is 2.98. The highest BCUT2D eigenvalue weighted by molar-refractivity contribution is 7.98. The van der Waals surface area contributed by atoms with Crippen molar-refractivity contribution in [1.82, 2.24) is 4.90 Å². The van der Waals surface area contributed by atoms with Crippen LogP contribution in [-0.2, 0) is 0 Å². The maximum Gasteiger partial charge on any atom is 0.0599 e. The SMILES string of the molecule is CSCC(C)N(C)C(CN)CO. The fraction of sp³-hybridized carbons (Fsp3) is 1.00. The number of nitrogens with zero attached hydrogens (tertiary/aromatic N) is 1. The Kier molecular flexibility index (Phi) is 6.84. The molecule has 0 fully saturated rings. The summed E-state index contributed by atoms with van der Waals surface area (Å²) in [5, 5.41) is 8.99. The molecule has 0 heterocycles. The number of rotatable bonds is 6. The summed E-state index contributed by atoms with van der Waals surface area (Å²) in [6, 6.07) is 0.577. The Bertz CT molecular complexity index is 109. The zero-order valence-electron chi connectivity index (χ0n) is 8.16. The lowest BCUT2D eigenvalue weighted by molar-refractivity contribution is 0.128. The van der Waals surface area contributed by atoms with Crippen molar-refractivity contribution in [2.24, 2.45) is 5.73 Å². The van der Waals surface area contributed by atoms with Gasteiger partial charge in [0.25, 0.3) is 0 Å². The van der Waals surface area contributed by atoms with Crippen molar-refractivity contribution in [3.05, 3.63) is 0 Å². The van der Waals surface area contributed by atoms with Gasteiger partial charge < -0.3 is 10.8 Å². The molecule has 4 heteroatoms. The molecule has 12 heavy (non-hydrogen) atoms. The maximum absolute atomic E-state index is 8.99. The summed E-state index contributed by atoms with van der Waals surface area (Å²) in [5.41, 5.74) is 5.51. The van der Waals surface area contributed by atoms with E-state index in [1.807, 2.05) is 18.8 Å². The summed E-state index contributed by atoms with van der Waals surface area (Å²) in [7, 11) is 2.01. The average molecular weight is 192 g/mol. The lowest BCUT2D eigenvalue weighted by Crippen LogP contribution is -2.46. The summed E-state index contributed by atoms with van der Waals surface area (Å²) in [5.74, 6) is 1.08. The van der Waals surface area contributed by atoms with E-state index in [1.165, 1.54) is 0 Å². The molecule has 0 aliphatic rings. The Hall–Kier alpha value is 0.230. The van der Waals surface area contributed by atoms with E-state index in [2.05, 4.69) is 18.1 Å². The molecular formula is C8H20N2OS. The van der Waals surface area contributed by atoms with Crippen LogP contribution in [0.5, 0.6) is 0 Å². The van der Waals surface area contributed by atoms with Crippen LogP contribution in [0.4, 0.5) is 0 Å². The first-order valence-electron chi connectivity index (χ1n) is 4.19. The third-order valence-electron chi connectivity index (χ3n) is 2.16. The van der Waals surface area contributed by atoms with Gasteiger partial charge in [0.15, 0.2) is 0 Å². The predicted molar refractivity (Wildman–Crippen MR) is 55.5 cm³/mol. The van der Waals surface area contributed by atoms with Gasteiger partial charge in [-0.1, -0.05) is 0 Å². The minimum atomic E-state index is 0.104. The summed E-state index contributed by atoms with van der Waals surface area (Å²) in [6.45, 7) is 2.81. The Morgan fingerprint density at radius 3 is 2.50 bits per heavy atom. The Balaban J connectivity index is 3.87. The van der Waals surface area contributed by atoms with E-state index >= 15 is 0 Å². The van der Waals surface area contributed by atoms with Crippen LogP contribution < -0.4 is 5.73 Å². The molecule has 0 spiro atoms. The highest BCUT2D eigenvalue weighted by Gasteiger charge is 2.16. The number of hydrogen-bond acceptors (Lipinski definition) is 4. The number of aliphatic hydroxyl groups excluding tert-OH is 1. The summed E-state index contributed by atoms with van der Waals surface area (Å²) in [4.78, 5) is 2.14. The lowest BCUT2D eigenvalue weighted by atomic mass is 10.2. The van der Waals surface area contributed by atoms with Crippen molar-refractivity contribution in [3.8, 4) is 0 Å². The molecule has 3 N–H and O–H groups in total. The highest BCUT2D eigenvalue weighted by atomic mass is 32.2. The molecular weight excluding hydrogens is 172 g/mol. The van der Waals surface area contributed by atoms with E-state index in [-0.39, 0.29) is 12.6 Å². The molecule has 0 aromatic carbocycles. The Labute approximate surface area is 79.3 Å². The molecule has 0 saturated heterocycles. The van der Waals surface area contributed by atoms with Crippen LogP contribution in [0.15, 0.2) is 0 Å². The van der Waals surface area contributed by atoms with Gasteiger partial charge in [0.1, 0.15) is 0 Å². The average Bonchev–Trinajstić information content (AvgIpc) is 2.07. The van der Waals surface area contributed by atoms with Crippen molar-refractivity contribution >= 4 is 11.8 Å². The molecule has 74 valence electrons. The van der Waals surface area contributed by atoms with Gasteiger partial charge in [-0.25, -0.2) is 0 Å². The molecule has 0 radical (unpaired) electrons. The van der Waals surface area contributed by atoms with Crippen LogP contribution >= 0.6 is 11.8 Å². The number of likely N-dealkylation sites (N-methyl/N-ethyl adjacent to an activating group) is 1. The fourth-order valence-electron chi connectivity index (χ4n) is 1.09. The standard InChI is InChI=1S/C8H20N2OS/c1-7(6-12-3)10(2)8(4-9)5-11/h7-8,11H,4-6,9H2,1-3H3. The van der Waals surface area contributed by atoms with Gasteiger partial charge >= 0.3 is 0 Å². The Morgan fingerprint density at radius 2 is 2.17 bits per heavy atom. The summed E-state index contributed by atoms with van der Waals surface area (Å²) < 4.78 is 0. The predicted octanol–water partition coefficient (Wildman–Crippen LogP) is -0.0107. The van der Waals surface area contributed by atoms with Gasteiger partial charge in [0, 0.05) is 24.4 Å². The molecule has 2 atom stereocenters. The third kappa shape index (κ3) is 3.76. The van der Waals surface area contributed by atoms with E-state index in [0.717, 1.165) is 5.75 Å².